The number of hydrogen-bond acceptors (Lipinski definition) is 4. The van der Waals surface area contributed by atoms with Gasteiger partial charge >= 0.3 is 0 Å². The number of aromatic nitrogens is 2. The second kappa shape index (κ2) is 7.27. The first-order valence-corrected chi connectivity index (χ1v) is 6.57. The average Bonchev–Trinajstić information content (AvgIpc) is 2.37. The maximum atomic E-state index is 11.8. The Kier molecular flexibility index (Phi) is 6.00. The van der Waals surface area contributed by atoms with Crippen LogP contribution in [0.5, 0.6) is 0 Å². The van der Waals surface area contributed by atoms with E-state index in [9.17, 15) is 9.59 Å². The van der Waals surface area contributed by atoms with E-state index in [0.29, 0.717) is 23.3 Å². The summed E-state index contributed by atoms with van der Waals surface area (Å²) in [4.78, 5) is 26.8. The molecule has 1 rings (SSSR count). The summed E-state index contributed by atoms with van der Waals surface area (Å²) >= 11 is 3.17. The Morgan fingerprint density at radius 1 is 1.50 bits per heavy atom. The molecule has 0 spiro atoms. The summed E-state index contributed by atoms with van der Waals surface area (Å²) in [5, 5.41) is 0. The quantitative estimate of drug-likeness (QED) is 0.352. The van der Waals surface area contributed by atoms with E-state index in [-0.39, 0.29) is 11.5 Å². The molecule has 7 heteroatoms. The number of nitrogens with zero attached hydrogens (tertiary/aromatic N) is 2. The molecule has 0 atom stereocenters. The number of carbonyl (C=O) groups is 1. The van der Waals surface area contributed by atoms with Gasteiger partial charge in [-0.3, -0.25) is 19.6 Å². The van der Waals surface area contributed by atoms with Crippen LogP contribution in [0.1, 0.15) is 31.5 Å². The van der Waals surface area contributed by atoms with Crippen LogP contribution in [0, 0.1) is 6.92 Å². The van der Waals surface area contributed by atoms with E-state index in [1.54, 1.807) is 11.5 Å². The van der Waals surface area contributed by atoms with E-state index in [1.165, 1.54) is 6.20 Å². The lowest BCUT2D eigenvalue weighted by Crippen LogP contribution is -2.29. The van der Waals surface area contributed by atoms with Crippen molar-refractivity contribution < 1.29 is 4.79 Å². The highest BCUT2D eigenvalue weighted by molar-refractivity contribution is 9.10. The molecule has 1 amide bonds. The first kappa shape index (κ1) is 14.8. The zero-order valence-electron chi connectivity index (χ0n) is 10.3. The Bertz CT molecular complexity index is 473. The van der Waals surface area contributed by atoms with Crippen LogP contribution in [0.15, 0.2) is 15.5 Å². The van der Waals surface area contributed by atoms with Crippen molar-refractivity contribution in [2.75, 3.05) is 0 Å². The molecule has 0 aliphatic heterocycles. The number of hydrazine groups is 1. The van der Waals surface area contributed by atoms with Gasteiger partial charge in [-0.15, -0.1) is 0 Å². The Labute approximate surface area is 114 Å². The fraction of sp³-hybridized carbons (Fsp3) is 0.545. The van der Waals surface area contributed by atoms with Crippen molar-refractivity contribution in [2.24, 2.45) is 5.84 Å². The molecule has 0 aliphatic rings. The lowest BCUT2D eigenvalue weighted by Gasteiger charge is -2.08. The Morgan fingerprint density at radius 3 is 2.89 bits per heavy atom. The zero-order chi connectivity index (χ0) is 13.5. The number of rotatable bonds is 6. The number of amides is 1. The molecule has 3 N–H and O–H groups in total. The molecular formula is C11H17BrN4O2. The maximum Gasteiger partial charge on any atom is 0.267 e. The molecule has 0 aliphatic carbocycles. The van der Waals surface area contributed by atoms with Crippen LogP contribution < -0.4 is 16.8 Å². The van der Waals surface area contributed by atoms with Gasteiger partial charge in [0.15, 0.2) is 0 Å². The normalized spacial score (nSPS) is 10.4. The van der Waals surface area contributed by atoms with Gasteiger partial charge in [0.05, 0.1) is 0 Å². The summed E-state index contributed by atoms with van der Waals surface area (Å²) in [5.74, 6) is 5.51. The highest BCUT2D eigenvalue weighted by Crippen LogP contribution is 2.05. The predicted molar refractivity (Wildman–Crippen MR) is 71.7 cm³/mol. The van der Waals surface area contributed by atoms with Crippen LogP contribution >= 0.6 is 15.9 Å². The van der Waals surface area contributed by atoms with Gasteiger partial charge in [-0.25, -0.2) is 10.8 Å². The lowest BCUT2D eigenvalue weighted by atomic mass is 10.2. The SMILES string of the molecule is Cc1ncc(Br)c(=O)n1CCCCCC(=O)NN. The fourth-order valence-corrected chi connectivity index (χ4v) is 1.94. The highest BCUT2D eigenvalue weighted by atomic mass is 79.9. The molecule has 18 heavy (non-hydrogen) atoms. The Morgan fingerprint density at radius 2 is 2.22 bits per heavy atom. The molecule has 0 unspecified atom stereocenters. The third kappa shape index (κ3) is 4.23. The number of nitrogens with one attached hydrogen (secondary N) is 1. The summed E-state index contributed by atoms with van der Waals surface area (Å²) < 4.78 is 2.10. The summed E-state index contributed by atoms with van der Waals surface area (Å²) in [6, 6.07) is 0. The molecule has 0 radical (unpaired) electrons. The van der Waals surface area contributed by atoms with Crippen molar-refractivity contribution in [1.29, 1.82) is 0 Å². The van der Waals surface area contributed by atoms with Crippen LogP contribution in [0.4, 0.5) is 0 Å². The smallest absolute Gasteiger partial charge is 0.267 e. The van der Waals surface area contributed by atoms with Crippen LogP contribution in [-0.2, 0) is 11.3 Å². The standard InChI is InChI=1S/C11H17BrN4O2/c1-8-14-7-9(12)11(18)16(8)6-4-2-3-5-10(17)15-13/h7H,2-6,13H2,1H3,(H,15,17). The fourth-order valence-electron chi connectivity index (χ4n) is 1.62. The van der Waals surface area contributed by atoms with Gasteiger partial charge in [0, 0.05) is 19.2 Å². The van der Waals surface area contributed by atoms with Gasteiger partial charge in [-0.1, -0.05) is 6.42 Å². The van der Waals surface area contributed by atoms with Crippen LogP contribution in [0.3, 0.4) is 0 Å². The topological polar surface area (TPSA) is 90.0 Å². The molecule has 0 bridgehead atoms. The van der Waals surface area contributed by atoms with Gasteiger partial charge in [0.2, 0.25) is 5.91 Å². The number of carbonyl (C=O) groups excluding carboxylic acids is 1. The number of unbranched alkanes of at least 4 members (excludes halogenated alkanes) is 2. The minimum atomic E-state index is -0.160. The van der Waals surface area contributed by atoms with Gasteiger partial charge in [-0.05, 0) is 35.7 Å². The lowest BCUT2D eigenvalue weighted by molar-refractivity contribution is -0.121. The summed E-state index contributed by atoms with van der Waals surface area (Å²) in [5.41, 5.74) is 2.02. The predicted octanol–water partition coefficient (Wildman–Crippen LogP) is 0.865. The number of nitrogens with two attached hydrogens (primary N) is 1. The first-order chi connectivity index (χ1) is 8.56. The molecule has 0 aromatic carbocycles. The molecule has 1 heterocycles. The third-order valence-corrected chi connectivity index (χ3v) is 3.20. The van der Waals surface area contributed by atoms with Crippen molar-refractivity contribution >= 4 is 21.8 Å². The second-order valence-corrected chi connectivity index (χ2v) is 4.84. The average molecular weight is 317 g/mol. The number of halogens is 1. The molecule has 0 saturated heterocycles. The van der Waals surface area contributed by atoms with E-state index in [4.69, 9.17) is 5.84 Å². The van der Waals surface area contributed by atoms with Crippen molar-refractivity contribution in [2.45, 2.75) is 39.2 Å². The first-order valence-electron chi connectivity index (χ1n) is 5.77. The van der Waals surface area contributed by atoms with Crippen molar-refractivity contribution in [3.63, 3.8) is 0 Å². The highest BCUT2D eigenvalue weighted by Gasteiger charge is 2.05. The Hall–Kier alpha value is -1.21. The number of hydrogen-bond donors (Lipinski definition) is 2. The third-order valence-electron chi connectivity index (χ3n) is 2.65. The summed E-state index contributed by atoms with van der Waals surface area (Å²) in [6.45, 7) is 2.41. The largest absolute Gasteiger partial charge is 0.296 e. The van der Waals surface area contributed by atoms with Gasteiger partial charge in [-0.2, -0.15) is 0 Å². The second-order valence-electron chi connectivity index (χ2n) is 3.99. The van der Waals surface area contributed by atoms with Crippen molar-refractivity contribution in [3.8, 4) is 0 Å². The minimum Gasteiger partial charge on any atom is -0.296 e. The van der Waals surface area contributed by atoms with E-state index in [0.717, 1.165) is 19.3 Å². The van der Waals surface area contributed by atoms with Crippen LogP contribution in [0.25, 0.3) is 0 Å². The molecule has 100 valence electrons. The zero-order valence-corrected chi connectivity index (χ0v) is 11.9. The molecule has 1 aromatic rings. The summed E-state index contributed by atoms with van der Waals surface area (Å²) in [6.07, 6.45) is 4.39. The molecule has 6 nitrogen and oxygen atoms in total. The molecule has 1 aromatic heterocycles. The van der Waals surface area contributed by atoms with E-state index in [2.05, 4.69) is 26.3 Å². The summed E-state index contributed by atoms with van der Waals surface area (Å²) in [7, 11) is 0. The van der Waals surface area contributed by atoms with E-state index >= 15 is 0 Å². The molecule has 0 fully saturated rings. The maximum absolute atomic E-state index is 11.8. The van der Waals surface area contributed by atoms with Crippen molar-refractivity contribution in [1.82, 2.24) is 15.0 Å². The van der Waals surface area contributed by atoms with Crippen LogP contribution in [0.2, 0.25) is 0 Å². The van der Waals surface area contributed by atoms with E-state index in [1.807, 2.05) is 0 Å². The molecule has 0 saturated carbocycles. The van der Waals surface area contributed by atoms with Gasteiger partial charge in [0.1, 0.15) is 10.3 Å². The number of aryl methyl sites for hydroxylation is 1. The van der Waals surface area contributed by atoms with Crippen molar-refractivity contribution in [3.05, 3.63) is 26.8 Å². The van der Waals surface area contributed by atoms with Gasteiger partial charge in [0.25, 0.3) is 5.56 Å². The monoisotopic (exact) mass is 316 g/mol. The van der Waals surface area contributed by atoms with Gasteiger partial charge < -0.3 is 0 Å². The molecular weight excluding hydrogens is 300 g/mol. The minimum absolute atomic E-state index is 0.0674. The Balaban J connectivity index is 2.43. The van der Waals surface area contributed by atoms with E-state index < -0.39 is 0 Å². The van der Waals surface area contributed by atoms with Crippen LogP contribution in [-0.4, -0.2) is 15.5 Å².